The van der Waals surface area contributed by atoms with Crippen LogP contribution in [0.2, 0.25) is 0 Å². The number of rotatable bonds is 4. The lowest BCUT2D eigenvalue weighted by Crippen LogP contribution is -2.47. The lowest BCUT2D eigenvalue weighted by atomic mass is 10.1. The van der Waals surface area contributed by atoms with Gasteiger partial charge in [-0.1, -0.05) is 6.92 Å². The lowest BCUT2D eigenvalue weighted by Gasteiger charge is -2.22. The molecule has 0 radical (unpaired) electrons. The number of nitrogens with zero attached hydrogens (tertiary/aromatic N) is 2. The van der Waals surface area contributed by atoms with Gasteiger partial charge in [0.25, 0.3) is 0 Å². The summed E-state index contributed by atoms with van der Waals surface area (Å²) in [4.78, 5) is 12.2. The van der Waals surface area contributed by atoms with Crippen molar-refractivity contribution in [2.45, 2.75) is 25.9 Å². The van der Waals surface area contributed by atoms with Crippen LogP contribution < -0.4 is 5.32 Å². The first-order valence-electron chi connectivity index (χ1n) is 5.70. The van der Waals surface area contributed by atoms with E-state index in [9.17, 15) is 4.79 Å². The molecule has 1 aliphatic heterocycles. The number of nitrogens with one attached hydrogen (secondary N) is 1. The number of carbonyl (C=O) groups is 1. The predicted octanol–water partition coefficient (Wildman–Crippen LogP) is 0.464. The Morgan fingerprint density at radius 2 is 2.62 bits per heavy atom. The summed E-state index contributed by atoms with van der Waals surface area (Å²) < 4.78 is 7.05. The summed E-state index contributed by atoms with van der Waals surface area (Å²) in [5.74, 6) is 0.0747. The zero-order chi connectivity index (χ0) is 11.4. The number of ether oxygens (including phenoxy) is 1. The molecule has 1 atom stereocenters. The molecule has 0 amide bonds. The molecule has 5 heteroatoms. The molecular formula is C11H17N3O2. The summed E-state index contributed by atoms with van der Waals surface area (Å²) in [6.45, 7) is 4.71. The first kappa shape index (κ1) is 11.3. The fourth-order valence-electron chi connectivity index (χ4n) is 1.84. The first-order chi connectivity index (χ1) is 7.83. The van der Waals surface area contributed by atoms with Crippen LogP contribution in [0.4, 0.5) is 0 Å². The van der Waals surface area contributed by atoms with Crippen LogP contribution in [0, 0.1) is 0 Å². The smallest absolute Gasteiger partial charge is 0.200 e. The highest BCUT2D eigenvalue weighted by Gasteiger charge is 2.24. The Hall–Kier alpha value is -1.20. The van der Waals surface area contributed by atoms with Gasteiger partial charge in [0.2, 0.25) is 0 Å². The van der Waals surface area contributed by atoms with Gasteiger partial charge in [-0.25, -0.2) is 0 Å². The van der Waals surface area contributed by atoms with Gasteiger partial charge in [0.15, 0.2) is 5.78 Å². The summed E-state index contributed by atoms with van der Waals surface area (Å²) in [6.07, 6.45) is 2.64. The minimum absolute atomic E-state index is 0.0747. The Morgan fingerprint density at radius 3 is 3.31 bits per heavy atom. The van der Waals surface area contributed by atoms with Crippen molar-refractivity contribution in [2.24, 2.45) is 0 Å². The number of aromatic nitrogens is 2. The Morgan fingerprint density at radius 1 is 1.75 bits per heavy atom. The molecule has 1 aromatic heterocycles. The molecule has 1 aromatic rings. The van der Waals surface area contributed by atoms with Crippen LogP contribution in [-0.4, -0.2) is 41.4 Å². The third-order valence-electron chi connectivity index (χ3n) is 2.64. The number of morpholine rings is 1. The van der Waals surface area contributed by atoms with Crippen LogP contribution in [0.3, 0.4) is 0 Å². The van der Waals surface area contributed by atoms with Crippen molar-refractivity contribution in [2.75, 3.05) is 19.8 Å². The van der Waals surface area contributed by atoms with Gasteiger partial charge in [0, 0.05) is 19.3 Å². The Bertz CT molecular complexity index is 356. The standard InChI is InChI=1S/C11H17N3O2/c1-2-6-14-10(3-4-13-14)11(15)9-8-16-7-5-12-9/h3-4,9,12H,2,5-8H2,1H3. The number of aryl methyl sites for hydroxylation is 1. The van der Waals surface area contributed by atoms with E-state index in [1.54, 1.807) is 16.9 Å². The average molecular weight is 223 g/mol. The molecule has 1 unspecified atom stereocenters. The number of Topliss-reactive ketones (excluding diaryl/α,β-unsaturated/α-hetero) is 1. The summed E-state index contributed by atoms with van der Waals surface area (Å²) >= 11 is 0. The molecule has 0 aromatic carbocycles. The van der Waals surface area contributed by atoms with Gasteiger partial charge in [-0.2, -0.15) is 5.10 Å². The van der Waals surface area contributed by atoms with E-state index in [2.05, 4.69) is 17.3 Å². The van der Waals surface area contributed by atoms with Gasteiger partial charge in [-0.15, -0.1) is 0 Å². The van der Waals surface area contributed by atoms with Crippen LogP contribution in [0.15, 0.2) is 12.3 Å². The van der Waals surface area contributed by atoms with E-state index in [0.29, 0.717) is 18.9 Å². The quantitative estimate of drug-likeness (QED) is 0.754. The van der Waals surface area contributed by atoms with Crippen molar-refractivity contribution in [1.29, 1.82) is 0 Å². The normalized spacial score (nSPS) is 20.9. The van der Waals surface area contributed by atoms with E-state index in [1.807, 2.05) is 0 Å². The molecule has 1 fully saturated rings. The van der Waals surface area contributed by atoms with E-state index in [4.69, 9.17) is 4.74 Å². The fraction of sp³-hybridized carbons (Fsp3) is 0.636. The van der Waals surface area contributed by atoms with E-state index in [1.165, 1.54) is 0 Å². The second-order valence-corrected chi connectivity index (χ2v) is 3.89. The van der Waals surface area contributed by atoms with Crippen molar-refractivity contribution in [3.05, 3.63) is 18.0 Å². The second kappa shape index (κ2) is 5.23. The zero-order valence-corrected chi connectivity index (χ0v) is 9.48. The molecule has 5 nitrogen and oxygen atoms in total. The van der Waals surface area contributed by atoms with E-state index >= 15 is 0 Å². The van der Waals surface area contributed by atoms with Gasteiger partial charge in [-0.3, -0.25) is 9.48 Å². The highest BCUT2D eigenvalue weighted by Crippen LogP contribution is 2.07. The Kier molecular flexibility index (Phi) is 3.69. The maximum Gasteiger partial charge on any atom is 0.200 e. The summed E-state index contributed by atoms with van der Waals surface area (Å²) in [7, 11) is 0. The topological polar surface area (TPSA) is 56.2 Å². The van der Waals surface area contributed by atoms with Gasteiger partial charge < -0.3 is 10.1 Å². The van der Waals surface area contributed by atoms with Crippen molar-refractivity contribution >= 4 is 5.78 Å². The van der Waals surface area contributed by atoms with E-state index < -0.39 is 0 Å². The minimum atomic E-state index is -0.221. The number of hydrogen-bond acceptors (Lipinski definition) is 4. The summed E-state index contributed by atoms with van der Waals surface area (Å²) in [5, 5.41) is 7.31. The molecule has 88 valence electrons. The number of ketones is 1. The predicted molar refractivity (Wildman–Crippen MR) is 59.5 cm³/mol. The molecule has 0 bridgehead atoms. The molecule has 2 rings (SSSR count). The van der Waals surface area contributed by atoms with Crippen LogP contribution in [0.25, 0.3) is 0 Å². The van der Waals surface area contributed by atoms with Crippen molar-refractivity contribution in [1.82, 2.24) is 15.1 Å². The highest BCUT2D eigenvalue weighted by atomic mass is 16.5. The lowest BCUT2D eigenvalue weighted by molar-refractivity contribution is 0.0600. The maximum absolute atomic E-state index is 12.2. The van der Waals surface area contributed by atoms with Crippen LogP contribution in [0.1, 0.15) is 23.8 Å². The zero-order valence-electron chi connectivity index (χ0n) is 9.48. The molecule has 0 saturated carbocycles. The van der Waals surface area contributed by atoms with Crippen LogP contribution in [0.5, 0.6) is 0 Å². The summed E-state index contributed by atoms with van der Waals surface area (Å²) in [5.41, 5.74) is 0.671. The highest BCUT2D eigenvalue weighted by molar-refractivity contribution is 5.98. The summed E-state index contributed by atoms with van der Waals surface area (Å²) in [6, 6.07) is 1.55. The molecule has 1 saturated heterocycles. The monoisotopic (exact) mass is 223 g/mol. The van der Waals surface area contributed by atoms with Gasteiger partial charge >= 0.3 is 0 Å². The third kappa shape index (κ3) is 2.31. The SMILES string of the molecule is CCCn1nccc1C(=O)C1COCCN1. The van der Waals surface area contributed by atoms with Crippen molar-refractivity contribution < 1.29 is 9.53 Å². The molecular weight excluding hydrogens is 206 g/mol. The molecule has 1 aliphatic rings. The number of carbonyl (C=O) groups excluding carboxylic acids is 1. The van der Waals surface area contributed by atoms with Crippen LogP contribution >= 0.6 is 0 Å². The van der Waals surface area contributed by atoms with Gasteiger partial charge in [0.1, 0.15) is 5.69 Å². The van der Waals surface area contributed by atoms with Crippen LogP contribution in [-0.2, 0) is 11.3 Å². The molecule has 1 N–H and O–H groups in total. The van der Waals surface area contributed by atoms with E-state index in [0.717, 1.165) is 19.5 Å². The first-order valence-corrected chi connectivity index (χ1v) is 5.70. The Balaban J connectivity index is 2.09. The second-order valence-electron chi connectivity index (χ2n) is 3.89. The molecule has 0 aliphatic carbocycles. The molecule has 2 heterocycles. The average Bonchev–Trinajstić information content (AvgIpc) is 2.78. The fourth-order valence-corrected chi connectivity index (χ4v) is 1.84. The van der Waals surface area contributed by atoms with Gasteiger partial charge in [-0.05, 0) is 12.5 Å². The van der Waals surface area contributed by atoms with E-state index in [-0.39, 0.29) is 11.8 Å². The van der Waals surface area contributed by atoms with Crippen molar-refractivity contribution in [3.8, 4) is 0 Å². The van der Waals surface area contributed by atoms with Crippen molar-refractivity contribution in [3.63, 3.8) is 0 Å². The Labute approximate surface area is 94.8 Å². The minimum Gasteiger partial charge on any atom is -0.378 e. The number of hydrogen-bond donors (Lipinski definition) is 1. The molecule has 16 heavy (non-hydrogen) atoms. The maximum atomic E-state index is 12.2. The van der Waals surface area contributed by atoms with Gasteiger partial charge in [0.05, 0.1) is 19.3 Å². The third-order valence-corrected chi connectivity index (χ3v) is 2.64. The largest absolute Gasteiger partial charge is 0.378 e. The molecule has 0 spiro atoms.